The second kappa shape index (κ2) is 14.5. The van der Waals surface area contributed by atoms with Gasteiger partial charge >= 0.3 is 0 Å². The van der Waals surface area contributed by atoms with Crippen molar-refractivity contribution in [2.75, 3.05) is 0 Å². The van der Waals surface area contributed by atoms with Crippen molar-refractivity contribution in [3.8, 4) is 0 Å². The highest BCUT2D eigenvalue weighted by Crippen LogP contribution is 2.27. The van der Waals surface area contributed by atoms with E-state index in [4.69, 9.17) is 4.43 Å². The predicted octanol–water partition coefficient (Wildman–Crippen LogP) is 8.15. The summed E-state index contributed by atoms with van der Waals surface area (Å²) in [7, 11) is -1.48. The van der Waals surface area contributed by atoms with Crippen LogP contribution in [-0.2, 0) is 10.8 Å². The van der Waals surface area contributed by atoms with Crippen molar-refractivity contribution in [2.24, 2.45) is 0 Å². The number of aryl methyl sites for hydroxylation is 1. The van der Waals surface area contributed by atoms with Gasteiger partial charge in [0.1, 0.15) is 0 Å². The van der Waals surface area contributed by atoms with Gasteiger partial charge in [-0.1, -0.05) is 96.6 Å². The summed E-state index contributed by atoms with van der Waals surface area (Å²) < 4.78 is 6.88. The first-order chi connectivity index (χ1) is 12.7. The summed E-state index contributed by atoms with van der Waals surface area (Å²) in [5.41, 5.74) is 1.48. The van der Waals surface area contributed by atoms with Gasteiger partial charge in [-0.2, -0.15) is 0 Å². The molecule has 1 rings (SSSR count). The Kier molecular flexibility index (Phi) is 13.0. The third kappa shape index (κ3) is 9.37. The quantitative estimate of drug-likeness (QED) is 0.209. The van der Waals surface area contributed by atoms with E-state index in [2.05, 4.69) is 58.0 Å². The molecule has 0 aliphatic carbocycles. The summed E-state index contributed by atoms with van der Waals surface area (Å²) in [5, 5.41) is 0. The molecule has 0 saturated heterocycles. The van der Waals surface area contributed by atoms with Crippen molar-refractivity contribution in [3.63, 3.8) is 0 Å². The van der Waals surface area contributed by atoms with E-state index in [9.17, 15) is 0 Å². The Morgan fingerprint density at radius 2 is 1.31 bits per heavy atom. The van der Waals surface area contributed by atoms with Gasteiger partial charge in [-0.3, -0.25) is 0 Å². The molecule has 0 aliphatic rings. The second-order valence-electron chi connectivity index (χ2n) is 7.92. The van der Waals surface area contributed by atoms with Gasteiger partial charge in [0.15, 0.2) is 8.32 Å². The minimum atomic E-state index is -1.48. The van der Waals surface area contributed by atoms with Crippen LogP contribution in [0.2, 0.25) is 18.1 Å². The van der Waals surface area contributed by atoms with Crippen LogP contribution in [0.3, 0.4) is 0 Å². The number of benzene rings is 1. The van der Waals surface area contributed by atoms with Gasteiger partial charge in [-0.15, -0.1) is 0 Å². The minimum absolute atomic E-state index is 0.513. The van der Waals surface area contributed by atoms with Crippen LogP contribution in [0.1, 0.15) is 91.0 Å². The fraction of sp³-hybridized carbons (Fsp3) is 0.750. The number of hydrogen-bond donors (Lipinski definition) is 0. The zero-order valence-electron chi connectivity index (χ0n) is 18.1. The zero-order valence-corrected chi connectivity index (χ0v) is 19.1. The van der Waals surface area contributed by atoms with E-state index < -0.39 is 8.32 Å². The van der Waals surface area contributed by atoms with Crippen LogP contribution < -0.4 is 0 Å². The molecule has 0 N–H and O–H groups in total. The van der Waals surface area contributed by atoms with E-state index in [1.54, 1.807) is 0 Å². The molecule has 0 fully saturated rings. The maximum absolute atomic E-state index is 6.88. The molecule has 0 amide bonds. The highest BCUT2D eigenvalue weighted by Gasteiger charge is 2.31. The largest absolute Gasteiger partial charge is 0.414 e. The van der Waals surface area contributed by atoms with E-state index in [1.165, 1.54) is 87.9 Å². The number of unbranched alkanes of at least 4 members (excludes halogenated alkanes) is 5. The monoisotopic (exact) mass is 376 g/mol. The average molecular weight is 377 g/mol. The third-order valence-corrected chi connectivity index (χ3v) is 10.8. The predicted molar refractivity (Wildman–Crippen MR) is 119 cm³/mol. The van der Waals surface area contributed by atoms with Crippen LogP contribution in [0.4, 0.5) is 0 Å². The fourth-order valence-electron chi connectivity index (χ4n) is 3.94. The van der Waals surface area contributed by atoms with Crippen molar-refractivity contribution in [3.05, 3.63) is 35.9 Å². The van der Waals surface area contributed by atoms with Gasteiger partial charge in [-0.05, 0) is 49.4 Å². The summed E-state index contributed by atoms with van der Waals surface area (Å²) in [4.78, 5) is 0. The van der Waals surface area contributed by atoms with Crippen molar-refractivity contribution in [1.29, 1.82) is 0 Å². The fourth-order valence-corrected chi connectivity index (χ4v) is 6.88. The summed E-state index contributed by atoms with van der Waals surface area (Å²) in [6.45, 7) is 9.36. The average Bonchev–Trinajstić information content (AvgIpc) is 2.69. The Balaban J connectivity index is 2.44. The second-order valence-corrected chi connectivity index (χ2v) is 12.6. The SMILES string of the molecule is CCCCCCCC(CCCCc1ccccc1)O[Si](CC)(CC)CC. The first kappa shape index (κ1) is 23.4. The molecular weight excluding hydrogens is 332 g/mol. The van der Waals surface area contributed by atoms with E-state index in [0.29, 0.717) is 6.10 Å². The van der Waals surface area contributed by atoms with Crippen molar-refractivity contribution >= 4 is 8.32 Å². The first-order valence-corrected chi connectivity index (χ1v) is 13.9. The van der Waals surface area contributed by atoms with Crippen LogP contribution in [0.25, 0.3) is 0 Å². The number of rotatable bonds is 16. The molecule has 26 heavy (non-hydrogen) atoms. The Hall–Kier alpha value is -0.603. The molecule has 0 spiro atoms. The van der Waals surface area contributed by atoms with E-state index in [0.717, 1.165) is 0 Å². The Morgan fingerprint density at radius 1 is 0.731 bits per heavy atom. The lowest BCUT2D eigenvalue weighted by Gasteiger charge is -2.33. The third-order valence-electron chi connectivity index (χ3n) is 6.06. The Labute approximate surface area is 165 Å². The van der Waals surface area contributed by atoms with Gasteiger partial charge in [-0.25, -0.2) is 0 Å². The van der Waals surface area contributed by atoms with E-state index in [-0.39, 0.29) is 0 Å². The summed E-state index contributed by atoms with van der Waals surface area (Å²) >= 11 is 0. The van der Waals surface area contributed by atoms with Crippen LogP contribution in [0.15, 0.2) is 30.3 Å². The van der Waals surface area contributed by atoms with Gasteiger partial charge < -0.3 is 4.43 Å². The molecule has 1 nitrogen and oxygen atoms in total. The van der Waals surface area contributed by atoms with Gasteiger partial charge in [0, 0.05) is 6.10 Å². The first-order valence-electron chi connectivity index (χ1n) is 11.4. The summed E-state index contributed by atoms with van der Waals surface area (Å²) in [6, 6.07) is 14.7. The van der Waals surface area contributed by atoms with Crippen molar-refractivity contribution < 1.29 is 4.43 Å². The minimum Gasteiger partial charge on any atom is -0.414 e. The molecule has 1 unspecified atom stereocenters. The lowest BCUT2D eigenvalue weighted by Crippen LogP contribution is -2.40. The maximum Gasteiger partial charge on any atom is 0.192 e. The lowest BCUT2D eigenvalue weighted by atomic mass is 10.0. The van der Waals surface area contributed by atoms with Gasteiger partial charge in [0.05, 0.1) is 0 Å². The van der Waals surface area contributed by atoms with Crippen molar-refractivity contribution in [1.82, 2.24) is 0 Å². The van der Waals surface area contributed by atoms with Gasteiger partial charge in [0.2, 0.25) is 0 Å². The van der Waals surface area contributed by atoms with Crippen LogP contribution in [-0.4, -0.2) is 14.4 Å². The highest BCUT2D eigenvalue weighted by molar-refractivity contribution is 6.73. The van der Waals surface area contributed by atoms with E-state index >= 15 is 0 Å². The topological polar surface area (TPSA) is 9.23 Å². The molecule has 0 aromatic heterocycles. The molecule has 0 aliphatic heterocycles. The summed E-state index contributed by atoms with van der Waals surface area (Å²) in [5.74, 6) is 0. The molecule has 1 atom stereocenters. The Bertz CT molecular complexity index is 419. The summed E-state index contributed by atoms with van der Waals surface area (Å²) in [6.07, 6.45) is 13.7. The number of hydrogen-bond acceptors (Lipinski definition) is 1. The normalized spacial score (nSPS) is 13.1. The molecule has 150 valence electrons. The van der Waals surface area contributed by atoms with Crippen LogP contribution in [0.5, 0.6) is 0 Å². The molecule has 0 heterocycles. The van der Waals surface area contributed by atoms with Crippen LogP contribution >= 0.6 is 0 Å². The molecule has 0 bridgehead atoms. The van der Waals surface area contributed by atoms with E-state index in [1.807, 2.05) is 0 Å². The Morgan fingerprint density at radius 3 is 1.88 bits per heavy atom. The zero-order chi connectivity index (χ0) is 19.1. The molecule has 0 radical (unpaired) electrons. The lowest BCUT2D eigenvalue weighted by molar-refractivity contribution is 0.159. The molecule has 1 aromatic carbocycles. The molecule has 2 heteroatoms. The van der Waals surface area contributed by atoms with Crippen LogP contribution in [0, 0.1) is 0 Å². The standard InChI is InChI=1S/C24H44OSi/c1-5-9-10-11-15-21-24(25-26(6-2,7-3)8-4)22-17-16-20-23-18-13-12-14-19-23/h12-14,18-19,24H,5-11,15-17,20-22H2,1-4H3. The molecular formula is C24H44OSi. The molecule has 1 aromatic rings. The molecule has 0 saturated carbocycles. The highest BCUT2D eigenvalue weighted by atomic mass is 28.4. The van der Waals surface area contributed by atoms with Gasteiger partial charge in [0.25, 0.3) is 0 Å². The van der Waals surface area contributed by atoms with Crippen molar-refractivity contribution in [2.45, 2.75) is 116 Å². The maximum atomic E-state index is 6.88. The smallest absolute Gasteiger partial charge is 0.192 e.